The van der Waals surface area contributed by atoms with Crippen LogP contribution in [0.3, 0.4) is 0 Å². The molecule has 0 bridgehead atoms. The second kappa shape index (κ2) is 4.98. The van der Waals surface area contributed by atoms with E-state index in [1.165, 1.54) is 49.2 Å². The highest BCUT2D eigenvalue weighted by atomic mass is 15.2. The van der Waals surface area contributed by atoms with Crippen molar-refractivity contribution in [2.24, 2.45) is 0 Å². The molecule has 1 N–H and O–H groups in total. The summed E-state index contributed by atoms with van der Waals surface area (Å²) in [5.41, 5.74) is 4.08. The van der Waals surface area contributed by atoms with Gasteiger partial charge in [-0.15, -0.1) is 0 Å². The third-order valence-corrected chi connectivity index (χ3v) is 4.67. The Morgan fingerprint density at radius 1 is 1.33 bits per heavy atom. The van der Waals surface area contributed by atoms with Gasteiger partial charge in [-0.2, -0.15) is 0 Å². The minimum Gasteiger partial charge on any atom is -0.314 e. The Labute approximate surface area is 110 Å². The molecule has 0 radical (unpaired) electrons. The Morgan fingerprint density at radius 2 is 2.22 bits per heavy atom. The highest BCUT2D eigenvalue weighted by Gasteiger charge is 2.33. The number of hydrogen-bond donors (Lipinski definition) is 1. The molecule has 0 amide bonds. The van der Waals surface area contributed by atoms with E-state index >= 15 is 0 Å². The van der Waals surface area contributed by atoms with Crippen LogP contribution in [-0.2, 0) is 0 Å². The van der Waals surface area contributed by atoms with Gasteiger partial charge in [-0.3, -0.25) is 9.88 Å². The summed E-state index contributed by atoms with van der Waals surface area (Å²) in [6, 6.07) is 3.59. The quantitative estimate of drug-likeness (QED) is 0.822. The number of nitrogens with one attached hydrogen (secondary N) is 1. The van der Waals surface area contributed by atoms with E-state index in [0.29, 0.717) is 6.04 Å². The fourth-order valence-electron chi connectivity index (χ4n) is 3.52. The molecule has 2 atom stereocenters. The number of pyridine rings is 1. The number of piperazine rings is 1. The van der Waals surface area contributed by atoms with Crippen molar-refractivity contribution in [1.29, 1.82) is 0 Å². The highest BCUT2D eigenvalue weighted by Crippen LogP contribution is 2.36. The maximum Gasteiger partial charge on any atom is 0.0405 e. The fraction of sp³-hybridized carbons (Fsp3) is 0.667. The molecule has 2 unspecified atom stereocenters. The van der Waals surface area contributed by atoms with Gasteiger partial charge in [0.05, 0.1) is 0 Å². The number of hydrogen-bond acceptors (Lipinski definition) is 3. The van der Waals surface area contributed by atoms with E-state index < -0.39 is 0 Å². The maximum atomic E-state index is 4.41. The first-order valence-corrected chi connectivity index (χ1v) is 7.16. The van der Waals surface area contributed by atoms with Crippen LogP contribution >= 0.6 is 0 Å². The summed E-state index contributed by atoms with van der Waals surface area (Å²) in [5, 5.41) is 3.53. The van der Waals surface area contributed by atoms with Crippen LogP contribution in [-0.4, -0.2) is 35.6 Å². The normalized spacial score (nSPS) is 29.0. The Kier molecular flexibility index (Phi) is 3.35. The predicted molar refractivity (Wildman–Crippen MR) is 73.7 cm³/mol. The highest BCUT2D eigenvalue weighted by molar-refractivity contribution is 5.31. The molecule has 0 aromatic carbocycles. The SMILES string of the molecule is Cc1nccc(C2CCCC3CNCCN32)c1C. The summed E-state index contributed by atoms with van der Waals surface area (Å²) >= 11 is 0. The van der Waals surface area contributed by atoms with Crippen LogP contribution in [0, 0.1) is 13.8 Å². The van der Waals surface area contributed by atoms with Crippen LogP contribution in [0.15, 0.2) is 12.3 Å². The summed E-state index contributed by atoms with van der Waals surface area (Å²) in [4.78, 5) is 7.13. The number of aryl methyl sites for hydroxylation is 1. The van der Waals surface area contributed by atoms with Gasteiger partial charge in [0.1, 0.15) is 0 Å². The van der Waals surface area contributed by atoms with Crippen LogP contribution in [0.2, 0.25) is 0 Å². The molecule has 3 heterocycles. The van der Waals surface area contributed by atoms with Crippen molar-refractivity contribution in [2.45, 2.75) is 45.2 Å². The second-order valence-electron chi connectivity index (χ2n) is 5.65. The van der Waals surface area contributed by atoms with E-state index in [2.05, 4.69) is 35.1 Å². The zero-order chi connectivity index (χ0) is 12.5. The predicted octanol–water partition coefficient (Wildman–Crippen LogP) is 2.20. The van der Waals surface area contributed by atoms with E-state index in [0.717, 1.165) is 12.6 Å². The molecule has 1 aromatic rings. The lowest BCUT2D eigenvalue weighted by atomic mass is 9.88. The second-order valence-corrected chi connectivity index (χ2v) is 5.65. The standard InChI is InChI=1S/C15H23N3/c1-11-12(2)17-7-6-14(11)15-5-3-4-13-10-16-8-9-18(13)15/h6-7,13,15-16H,3-5,8-10H2,1-2H3. The zero-order valence-electron chi connectivity index (χ0n) is 11.4. The lowest BCUT2D eigenvalue weighted by molar-refractivity contribution is 0.0615. The van der Waals surface area contributed by atoms with Crippen molar-refractivity contribution in [1.82, 2.24) is 15.2 Å². The van der Waals surface area contributed by atoms with E-state index in [9.17, 15) is 0 Å². The molecule has 0 spiro atoms. The Morgan fingerprint density at radius 3 is 3.11 bits per heavy atom. The summed E-state index contributed by atoms with van der Waals surface area (Å²) in [5.74, 6) is 0. The maximum absolute atomic E-state index is 4.41. The molecule has 98 valence electrons. The van der Waals surface area contributed by atoms with Gasteiger partial charge in [-0.1, -0.05) is 0 Å². The van der Waals surface area contributed by atoms with Crippen LogP contribution < -0.4 is 5.32 Å². The molecule has 2 aliphatic rings. The van der Waals surface area contributed by atoms with Crippen molar-refractivity contribution >= 4 is 0 Å². The van der Waals surface area contributed by atoms with Crippen molar-refractivity contribution in [3.8, 4) is 0 Å². The summed E-state index contributed by atoms with van der Waals surface area (Å²) in [6.45, 7) is 7.84. The van der Waals surface area contributed by atoms with Crippen LogP contribution in [0.5, 0.6) is 0 Å². The number of nitrogens with zero attached hydrogens (tertiary/aromatic N) is 2. The lowest BCUT2D eigenvalue weighted by Gasteiger charge is -2.45. The summed E-state index contributed by atoms with van der Waals surface area (Å²) in [7, 11) is 0. The van der Waals surface area contributed by atoms with Crippen molar-refractivity contribution in [3.63, 3.8) is 0 Å². The number of fused-ring (bicyclic) bond motifs is 1. The Bertz CT molecular complexity index is 428. The van der Waals surface area contributed by atoms with Crippen molar-refractivity contribution < 1.29 is 0 Å². The van der Waals surface area contributed by atoms with Gasteiger partial charge in [0.2, 0.25) is 0 Å². The largest absolute Gasteiger partial charge is 0.314 e. The van der Waals surface area contributed by atoms with Gasteiger partial charge < -0.3 is 5.32 Å². The van der Waals surface area contributed by atoms with Crippen LogP contribution in [0.4, 0.5) is 0 Å². The number of rotatable bonds is 1. The number of aromatic nitrogens is 1. The Balaban J connectivity index is 1.92. The smallest absolute Gasteiger partial charge is 0.0405 e. The van der Waals surface area contributed by atoms with E-state index in [1.54, 1.807) is 0 Å². The Hall–Kier alpha value is -0.930. The molecule has 3 rings (SSSR count). The third-order valence-electron chi connectivity index (χ3n) is 4.67. The van der Waals surface area contributed by atoms with E-state index in [4.69, 9.17) is 0 Å². The molecule has 0 aliphatic carbocycles. The van der Waals surface area contributed by atoms with Gasteiger partial charge in [0.15, 0.2) is 0 Å². The van der Waals surface area contributed by atoms with Crippen LogP contribution in [0.25, 0.3) is 0 Å². The monoisotopic (exact) mass is 245 g/mol. The van der Waals surface area contributed by atoms with Crippen LogP contribution in [0.1, 0.15) is 42.1 Å². The molecule has 3 nitrogen and oxygen atoms in total. The average molecular weight is 245 g/mol. The summed E-state index contributed by atoms with van der Waals surface area (Å²) in [6.07, 6.45) is 5.99. The fourth-order valence-corrected chi connectivity index (χ4v) is 3.52. The molecule has 18 heavy (non-hydrogen) atoms. The molecular formula is C15H23N3. The average Bonchev–Trinajstić information content (AvgIpc) is 2.41. The molecule has 0 saturated carbocycles. The lowest BCUT2D eigenvalue weighted by Crippen LogP contribution is -2.54. The molecule has 2 aliphatic heterocycles. The topological polar surface area (TPSA) is 28.2 Å². The number of piperidine rings is 1. The molecule has 1 aromatic heterocycles. The zero-order valence-corrected chi connectivity index (χ0v) is 11.4. The molecule has 2 fully saturated rings. The van der Waals surface area contributed by atoms with Gasteiger partial charge in [-0.05, 0) is 50.3 Å². The first-order valence-electron chi connectivity index (χ1n) is 7.16. The van der Waals surface area contributed by atoms with Crippen molar-refractivity contribution in [2.75, 3.05) is 19.6 Å². The molecule has 3 heteroatoms. The van der Waals surface area contributed by atoms with Crippen molar-refractivity contribution in [3.05, 3.63) is 29.1 Å². The first-order chi connectivity index (χ1) is 8.77. The van der Waals surface area contributed by atoms with Gasteiger partial charge in [0.25, 0.3) is 0 Å². The minimum atomic E-state index is 0.618. The van der Waals surface area contributed by atoms with Gasteiger partial charge >= 0.3 is 0 Å². The first kappa shape index (κ1) is 12.1. The molecule has 2 saturated heterocycles. The van der Waals surface area contributed by atoms with Gasteiger partial charge in [-0.25, -0.2) is 0 Å². The summed E-state index contributed by atoms with van der Waals surface area (Å²) < 4.78 is 0. The third kappa shape index (κ3) is 2.06. The van der Waals surface area contributed by atoms with Gasteiger partial charge in [0, 0.05) is 43.6 Å². The van der Waals surface area contributed by atoms with E-state index in [1.807, 2.05) is 6.20 Å². The molecular weight excluding hydrogens is 222 g/mol. The van der Waals surface area contributed by atoms with E-state index in [-0.39, 0.29) is 0 Å². The minimum absolute atomic E-state index is 0.618.